The summed E-state index contributed by atoms with van der Waals surface area (Å²) in [4.78, 5) is 5.76. The van der Waals surface area contributed by atoms with Crippen molar-refractivity contribution in [1.82, 2.24) is 18.4 Å². The zero-order valence-corrected chi connectivity index (χ0v) is 31.6. The molecule has 270 valence electrons. The Balaban J connectivity index is 1.10. The van der Waals surface area contributed by atoms with Gasteiger partial charge in [0.15, 0.2) is 0 Å². The number of nitrogens with zero attached hydrogens (tertiary/aromatic N) is 4. The van der Waals surface area contributed by atoms with Crippen LogP contribution in [-0.2, 0) is 0 Å². The van der Waals surface area contributed by atoms with Crippen molar-refractivity contribution in [3.63, 3.8) is 0 Å². The quantitative estimate of drug-likeness (QED) is 0.173. The second kappa shape index (κ2) is 10.5. The van der Waals surface area contributed by atoms with Crippen molar-refractivity contribution in [2.75, 3.05) is 0 Å². The first kappa shape index (κ1) is 30.2. The SMILES string of the molecule is c1ccc(-n2c3ccccc3c3cc(-c4cc5ccccc5c5c6cccc7c8cc9c(nc8n(c45)c76)c4cccc5c6c7ccccc7ccc6n9c45)ccc32)cc1. The van der Waals surface area contributed by atoms with Crippen molar-refractivity contribution in [3.8, 4) is 16.8 Å². The molecule has 6 heterocycles. The summed E-state index contributed by atoms with van der Waals surface area (Å²) >= 11 is 0. The molecule has 0 bridgehead atoms. The van der Waals surface area contributed by atoms with E-state index in [1.54, 1.807) is 0 Å². The predicted molar refractivity (Wildman–Crippen MR) is 248 cm³/mol. The van der Waals surface area contributed by atoms with Crippen LogP contribution in [0.15, 0.2) is 182 Å². The molecular formula is C55H30N4. The molecule has 0 N–H and O–H groups in total. The maximum atomic E-state index is 5.76. The fourth-order valence-corrected chi connectivity index (χ4v) is 11.1. The molecule has 0 aliphatic carbocycles. The van der Waals surface area contributed by atoms with Gasteiger partial charge in [0, 0.05) is 59.7 Å². The van der Waals surface area contributed by atoms with Crippen molar-refractivity contribution >= 4 is 120 Å². The van der Waals surface area contributed by atoms with E-state index < -0.39 is 0 Å². The third-order valence-electron chi connectivity index (χ3n) is 13.4. The maximum absolute atomic E-state index is 5.76. The number of para-hydroxylation sites is 4. The van der Waals surface area contributed by atoms with Gasteiger partial charge in [0.1, 0.15) is 5.65 Å². The van der Waals surface area contributed by atoms with Crippen molar-refractivity contribution in [3.05, 3.63) is 182 Å². The van der Waals surface area contributed by atoms with E-state index in [1.807, 2.05) is 0 Å². The van der Waals surface area contributed by atoms with Crippen LogP contribution in [0.4, 0.5) is 0 Å². The first-order valence-corrected chi connectivity index (χ1v) is 20.4. The van der Waals surface area contributed by atoms with Crippen molar-refractivity contribution in [2.45, 2.75) is 0 Å². The minimum absolute atomic E-state index is 1.00. The summed E-state index contributed by atoms with van der Waals surface area (Å²) < 4.78 is 7.36. The molecular weight excluding hydrogens is 717 g/mol. The van der Waals surface area contributed by atoms with Gasteiger partial charge in [0.2, 0.25) is 0 Å². The van der Waals surface area contributed by atoms with Crippen LogP contribution in [0.3, 0.4) is 0 Å². The highest BCUT2D eigenvalue weighted by Gasteiger charge is 2.26. The lowest BCUT2D eigenvalue weighted by molar-refractivity contribution is 1.18. The van der Waals surface area contributed by atoms with Crippen LogP contribution < -0.4 is 0 Å². The second-order valence-electron chi connectivity index (χ2n) is 16.3. The molecule has 0 aliphatic heterocycles. The largest absolute Gasteiger partial charge is 0.309 e. The third kappa shape index (κ3) is 3.60. The zero-order chi connectivity index (χ0) is 38.1. The van der Waals surface area contributed by atoms with Gasteiger partial charge >= 0.3 is 0 Å². The number of pyridine rings is 1. The van der Waals surface area contributed by atoms with Gasteiger partial charge in [-0.15, -0.1) is 0 Å². The van der Waals surface area contributed by atoms with Gasteiger partial charge in [-0.2, -0.15) is 0 Å². The highest BCUT2D eigenvalue weighted by atomic mass is 15.0. The molecule has 0 spiro atoms. The van der Waals surface area contributed by atoms with Crippen molar-refractivity contribution < 1.29 is 0 Å². The predicted octanol–water partition coefficient (Wildman–Crippen LogP) is 14.5. The minimum atomic E-state index is 1.00. The van der Waals surface area contributed by atoms with Crippen LogP contribution >= 0.6 is 0 Å². The molecule has 6 aromatic heterocycles. The highest BCUT2D eigenvalue weighted by Crippen LogP contribution is 2.48. The Hall–Kier alpha value is -7.95. The lowest BCUT2D eigenvalue weighted by atomic mass is 9.95. The van der Waals surface area contributed by atoms with Crippen molar-refractivity contribution in [1.29, 1.82) is 0 Å². The van der Waals surface area contributed by atoms with Gasteiger partial charge < -0.3 is 8.97 Å². The Morgan fingerprint density at radius 3 is 1.85 bits per heavy atom. The molecule has 4 heteroatoms. The smallest absolute Gasteiger partial charge is 0.146 e. The average Bonchev–Trinajstić information content (AvgIpc) is 4.09. The zero-order valence-electron chi connectivity index (χ0n) is 31.6. The number of fused-ring (bicyclic) bond motifs is 19. The summed E-state index contributed by atoms with van der Waals surface area (Å²) in [7, 11) is 0. The normalized spacial score (nSPS) is 12.7. The van der Waals surface area contributed by atoms with E-state index in [0.29, 0.717) is 0 Å². The van der Waals surface area contributed by atoms with Crippen LogP contribution in [0.25, 0.3) is 137 Å². The van der Waals surface area contributed by atoms with E-state index in [2.05, 4.69) is 195 Å². The number of hydrogen-bond acceptors (Lipinski definition) is 1. The fraction of sp³-hybridized carbons (Fsp3) is 0. The van der Waals surface area contributed by atoms with E-state index in [4.69, 9.17) is 4.98 Å². The maximum Gasteiger partial charge on any atom is 0.146 e. The Bertz CT molecular complexity index is 4300. The van der Waals surface area contributed by atoms with E-state index in [0.717, 1.165) is 22.4 Å². The number of hydrogen-bond donors (Lipinski definition) is 0. The first-order valence-electron chi connectivity index (χ1n) is 20.4. The Morgan fingerprint density at radius 1 is 0.339 bits per heavy atom. The molecule has 9 aromatic carbocycles. The van der Waals surface area contributed by atoms with Crippen LogP contribution in [-0.4, -0.2) is 18.4 Å². The Labute approximate surface area is 335 Å². The lowest BCUT2D eigenvalue weighted by Crippen LogP contribution is -1.93. The first-order chi connectivity index (χ1) is 29.3. The molecule has 0 amide bonds. The summed E-state index contributed by atoms with van der Waals surface area (Å²) in [6.45, 7) is 0. The van der Waals surface area contributed by atoms with Crippen LogP contribution in [0.2, 0.25) is 0 Å². The number of benzene rings is 9. The van der Waals surface area contributed by atoms with Gasteiger partial charge in [-0.1, -0.05) is 133 Å². The fourth-order valence-electron chi connectivity index (χ4n) is 11.1. The number of aromatic nitrogens is 4. The summed E-state index contributed by atoms with van der Waals surface area (Å²) in [6, 6.07) is 67.2. The summed E-state index contributed by atoms with van der Waals surface area (Å²) in [5.74, 6) is 0. The van der Waals surface area contributed by atoms with Crippen LogP contribution in [0, 0.1) is 0 Å². The Kier molecular flexibility index (Phi) is 5.38. The molecule has 4 nitrogen and oxygen atoms in total. The van der Waals surface area contributed by atoms with E-state index in [9.17, 15) is 0 Å². The van der Waals surface area contributed by atoms with Crippen LogP contribution in [0.5, 0.6) is 0 Å². The van der Waals surface area contributed by atoms with E-state index in [-0.39, 0.29) is 0 Å². The van der Waals surface area contributed by atoms with Gasteiger partial charge in [0.25, 0.3) is 0 Å². The van der Waals surface area contributed by atoms with Crippen LogP contribution in [0.1, 0.15) is 0 Å². The minimum Gasteiger partial charge on any atom is -0.309 e. The van der Waals surface area contributed by atoms with E-state index >= 15 is 0 Å². The van der Waals surface area contributed by atoms with Gasteiger partial charge in [-0.05, 0) is 75.6 Å². The lowest BCUT2D eigenvalue weighted by Gasteiger charge is -2.11. The molecule has 0 aliphatic rings. The molecule has 0 fully saturated rings. The van der Waals surface area contributed by atoms with Gasteiger partial charge in [-0.3, -0.25) is 4.40 Å². The van der Waals surface area contributed by atoms with E-state index in [1.165, 1.54) is 114 Å². The number of rotatable bonds is 2. The van der Waals surface area contributed by atoms with Gasteiger partial charge in [0.05, 0.1) is 44.1 Å². The third-order valence-corrected chi connectivity index (χ3v) is 13.4. The van der Waals surface area contributed by atoms with Gasteiger partial charge in [-0.25, -0.2) is 4.98 Å². The highest BCUT2D eigenvalue weighted by molar-refractivity contribution is 6.33. The topological polar surface area (TPSA) is 26.6 Å². The summed E-state index contributed by atoms with van der Waals surface area (Å²) in [5.41, 5.74) is 14.1. The molecule has 0 radical (unpaired) electrons. The molecule has 0 saturated heterocycles. The molecule has 0 saturated carbocycles. The molecule has 15 rings (SSSR count). The average molecular weight is 747 g/mol. The molecule has 59 heavy (non-hydrogen) atoms. The Morgan fingerprint density at radius 2 is 0.983 bits per heavy atom. The second-order valence-corrected chi connectivity index (χ2v) is 16.3. The van der Waals surface area contributed by atoms with Crippen molar-refractivity contribution in [2.24, 2.45) is 0 Å². The monoisotopic (exact) mass is 746 g/mol. The molecule has 0 atom stereocenters. The molecule has 15 aromatic rings. The standard InChI is InChI=1S/C55H30N4/c1-2-14-34(15-3-1)57-45-23-9-8-18-37(45)43-29-33(25-26-46(43)57)42-28-32-13-5-7-17-36(32)50-40-21-10-19-38-44-30-48-51(56-55(44)59(52(38)40)54(42)50)41-22-11-20-39-49-35-16-6-4-12-31(35)24-27-47(49)58(48)53(39)41/h1-30H. The summed E-state index contributed by atoms with van der Waals surface area (Å²) in [6.07, 6.45) is 0. The molecule has 0 unspecified atom stereocenters. The summed E-state index contributed by atoms with van der Waals surface area (Å²) in [5, 5.41) is 16.3.